The standard InChI is InChI=1S/C20H23F3N4O2/c21-20(22,23)17-3-1-2-15(12-17)14-26-19(28)16-4-5-24-18(13-16)25-6-7-27-8-10-29-11-9-27/h1-5,12-13H,6-11,14H2,(H,24,25)(H,26,28). The summed E-state index contributed by atoms with van der Waals surface area (Å²) in [5.74, 6) is 0.200. The largest absolute Gasteiger partial charge is 0.416 e. The zero-order valence-corrected chi connectivity index (χ0v) is 15.8. The van der Waals surface area contributed by atoms with Gasteiger partial charge in [0.2, 0.25) is 0 Å². The number of pyridine rings is 1. The SMILES string of the molecule is O=C(NCc1cccc(C(F)(F)F)c1)c1ccnc(NCCN2CCOCC2)c1. The number of anilines is 1. The molecule has 2 N–H and O–H groups in total. The molecule has 0 aliphatic carbocycles. The molecule has 0 bridgehead atoms. The van der Waals surface area contributed by atoms with Gasteiger partial charge in [-0.2, -0.15) is 13.2 Å². The lowest BCUT2D eigenvalue weighted by Gasteiger charge is -2.26. The highest BCUT2D eigenvalue weighted by Gasteiger charge is 2.30. The Labute approximate surface area is 167 Å². The molecule has 0 radical (unpaired) electrons. The molecule has 1 aromatic heterocycles. The van der Waals surface area contributed by atoms with Gasteiger partial charge < -0.3 is 15.4 Å². The van der Waals surface area contributed by atoms with Gasteiger partial charge in [-0.25, -0.2) is 4.98 Å². The molecule has 1 aliphatic heterocycles. The van der Waals surface area contributed by atoms with E-state index < -0.39 is 11.7 Å². The Bertz CT molecular complexity index is 823. The summed E-state index contributed by atoms with van der Waals surface area (Å²) in [5, 5.41) is 5.83. The van der Waals surface area contributed by atoms with Gasteiger partial charge >= 0.3 is 6.18 Å². The number of morpholine rings is 1. The summed E-state index contributed by atoms with van der Waals surface area (Å²) in [6.45, 7) is 4.80. The van der Waals surface area contributed by atoms with Gasteiger partial charge in [0.25, 0.3) is 5.91 Å². The summed E-state index contributed by atoms with van der Waals surface area (Å²) in [7, 11) is 0. The number of nitrogens with zero attached hydrogens (tertiary/aromatic N) is 2. The number of halogens is 3. The number of carbonyl (C=O) groups excluding carboxylic acids is 1. The van der Waals surface area contributed by atoms with Crippen molar-refractivity contribution in [3.8, 4) is 0 Å². The second-order valence-corrected chi connectivity index (χ2v) is 6.69. The van der Waals surface area contributed by atoms with Crippen molar-refractivity contribution in [3.05, 3.63) is 59.3 Å². The topological polar surface area (TPSA) is 66.5 Å². The van der Waals surface area contributed by atoms with Gasteiger partial charge in [0.1, 0.15) is 5.82 Å². The molecule has 1 aromatic carbocycles. The molecule has 0 spiro atoms. The number of hydrogen-bond acceptors (Lipinski definition) is 5. The number of rotatable bonds is 7. The van der Waals surface area contributed by atoms with Crippen LogP contribution in [0.2, 0.25) is 0 Å². The Morgan fingerprint density at radius 3 is 2.72 bits per heavy atom. The van der Waals surface area contributed by atoms with Crippen LogP contribution in [0.25, 0.3) is 0 Å². The van der Waals surface area contributed by atoms with Crippen LogP contribution in [0.4, 0.5) is 19.0 Å². The first-order valence-corrected chi connectivity index (χ1v) is 9.36. The predicted molar refractivity (Wildman–Crippen MR) is 103 cm³/mol. The minimum absolute atomic E-state index is 0.00483. The zero-order chi connectivity index (χ0) is 20.7. The van der Waals surface area contributed by atoms with Crippen molar-refractivity contribution >= 4 is 11.7 Å². The van der Waals surface area contributed by atoms with E-state index in [4.69, 9.17) is 4.74 Å². The number of benzene rings is 1. The van der Waals surface area contributed by atoms with Gasteiger partial charge in [0.05, 0.1) is 18.8 Å². The summed E-state index contributed by atoms with van der Waals surface area (Å²) >= 11 is 0. The van der Waals surface area contributed by atoms with Crippen LogP contribution in [0, 0.1) is 0 Å². The quantitative estimate of drug-likeness (QED) is 0.738. The van der Waals surface area contributed by atoms with Crippen LogP contribution >= 0.6 is 0 Å². The third-order valence-electron chi connectivity index (χ3n) is 4.57. The van der Waals surface area contributed by atoms with Crippen LogP contribution in [0.15, 0.2) is 42.6 Å². The molecule has 0 saturated carbocycles. The van der Waals surface area contributed by atoms with Crippen molar-refractivity contribution < 1.29 is 22.7 Å². The molecule has 1 saturated heterocycles. The number of carbonyl (C=O) groups is 1. The van der Waals surface area contributed by atoms with E-state index in [0.717, 1.165) is 45.0 Å². The van der Waals surface area contributed by atoms with Gasteiger partial charge in [-0.3, -0.25) is 9.69 Å². The van der Waals surface area contributed by atoms with Gasteiger partial charge in [-0.05, 0) is 29.8 Å². The van der Waals surface area contributed by atoms with E-state index >= 15 is 0 Å². The number of amides is 1. The maximum Gasteiger partial charge on any atom is 0.416 e. The normalized spacial score (nSPS) is 15.1. The highest BCUT2D eigenvalue weighted by atomic mass is 19.4. The minimum atomic E-state index is -4.41. The fourth-order valence-electron chi connectivity index (χ4n) is 2.98. The average molecular weight is 408 g/mol. The molecule has 1 amide bonds. The first-order valence-electron chi connectivity index (χ1n) is 9.36. The van der Waals surface area contributed by atoms with Crippen molar-refractivity contribution in [2.45, 2.75) is 12.7 Å². The third kappa shape index (κ3) is 6.43. The molecule has 1 fully saturated rings. The minimum Gasteiger partial charge on any atom is -0.379 e. The first-order chi connectivity index (χ1) is 13.9. The summed E-state index contributed by atoms with van der Waals surface area (Å²) in [5.41, 5.74) is 0.0341. The highest BCUT2D eigenvalue weighted by Crippen LogP contribution is 2.29. The van der Waals surface area contributed by atoms with Crippen LogP contribution < -0.4 is 10.6 Å². The molecular formula is C20H23F3N4O2. The van der Waals surface area contributed by atoms with Crippen molar-refractivity contribution in [1.29, 1.82) is 0 Å². The van der Waals surface area contributed by atoms with Crippen LogP contribution in [0.5, 0.6) is 0 Å². The Morgan fingerprint density at radius 1 is 1.17 bits per heavy atom. The van der Waals surface area contributed by atoms with E-state index in [9.17, 15) is 18.0 Å². The van der Waals surface area contributed by atoms with Gasteiger partial charge in [-0.1, -0.05) is 12.1 Å². The predicted octanol–water partition coefficient (Wildman–Crippen LogP) is 2.77. The lowest BCUT2D eigenvalue weighted by atomic mass is 10.1. The molecule has 0 atom stereocenters. The second-order valence-electron chi connectivity index (χ2n) is 6.69. The van der Waals surface area contributed by atoms with E-state index in [1.54, 1.807) is 18.2 Å². The number of aromatic nitrogens is 1. The Hall–Kier alpha value is -2.65. The molecule has 0 unspecified atom stereocenters. The Balaban J connectivity index is 1.51. The summed E-state index contributed by atoms with van der Waals surface area (Å²) < 4.78 is 43.7. The van der Waals surface area contributed by atoms with Gasteiger partial charge in [0, 0.05) is 44.5 Å². The van der Waals surface area contributed by atoms with E-state index in [1.165, 1.54) is 12.3 Å². The lowest BCUT2D eigenvalue weighted by molar-refractivity contribution is -0.137. The lowest BCUT2D eigenvalue weighted by Crippen LogP contribution is -2.39. The Morgan fingerprint density at radius 2 is 1.97 bits per heavy atom. The van der Waals surface area contributed by atoms with Crippen molar-refractivity contribution in [2.75, 3.05) is 44.7 Å². The first kappa shape index (κ1) is 21.1. The third-order valence-corrected chi connectivity index (χ3v) is 4.57. The van der Waals surface area contributed by atoms with Gasteiger partial charge in [0.15, 0.2) is 0 Å². The van der Waals surface area contributed by atoms with Crippen LogP contribution in [-0.4, -0.2) is 55.2 Å². The number of alkyl halides is 3. The maximum atomic E-state index is 12.8. The van der Waals surface area contributed by atoms with Crippen molar-refractivity contribution in [2.24, 2.45) is 0 Å². The zero-order valence-electron chi connectivity index (χ0n) is 15.8. The fourth-order valence-corrected chi connectivity index (χ4v) is 2.98. The van der Waals surface area contributed by atoms with E-state index in [0.29, 0.717) is 23.5 Å². The molecule has 29 heavy (non-hydrogen) atoms. The van der Waals surface area contributed by atoms with Gasteiger partial charge in [-0.15, -0.1) is 0 Å². The number of hydrogen-bond donors (Lipinski definition) is 2. The molecule has 2 aromatic rings. The molecule has 3 rings (SSSR count). The smallest absolute Gasteiger partial charge is 0.379 e. The Kier molecular flexibility index (Phi) is 7.05. The molecule has 6 nitrogen and oxygen atoms in total. The monoisotopic (exact) mass is 408 g/mol. The number of nitrogens with one attached hydrogen (secondary N) is 2. The van der Waals surface area contributed by atoms with Crippen LogP contribution in [-0.2, 0) is 17.5 Å². The summed E-state index contributed by atoms with van der Waals surface area (Å²) in [4.78, 5) is 18.8. The van der Waals surface area contributed by atoms with E-state index in [1.807, 2.05) is 0 Å². The molecule has 2 heterocycles. The van der Waals surface area contributed by atoms with Crippen molar-refractivity contribution in [3.63, 3.8) is 0 Å². The van der Waals surface area contributed by atoms with Crippen LogP contribution in [0.1, 0.15) is 21.5 Å². The average Bonchev–Trinajstić information content (AvgIpc) is 2.73. The molecule has 9 heteroatoms. The molecule has 1 aliphatic rings. The van der Waals surface area contributed by atoms with Crippen molar-refractivity contribution in [1.82, 2.24) is 15.2 Å². The summed E-state index contributed by atoms with van der Waals surface area (Å²) in [6.07, 6.45) is -2.89. The maximum absolute atomic E-state index is 12.8. The highest BCUT2D eigenvalue weighted by molar-refractivity contribution is 5.94. The molecular weight excluding hydrogens is 385 g/mol. The molecule has 156 valence electrons. The second kappa shape index (κ2) is 9.71. The number of ether oxygens (including phenoxy) is 1. The summed E-state index contributed by atoms with van der Waals surface area (Å²) in [6, 6.07) is 8.10. The van der Waals surface area contributed by atoms with E-state index in [2.05, 4.69) is 20.5 Å². The van der Waals surface area contributed by atoms with Crippen LogP contribution in [0.3, 0.4) is 0 Å². The fraction of sp³-hybridized carbons (Fsp3) is 0.400. The van der Waals surface area contributed by atoms with E-state index in [-0.39, 0.29) is 12.5 Å².